The maximum absolute atomic E-state index is 13.4. The van der Waals surface area contributed by atoms with Crippen molar-refractivity contribution in [3.8, 4) is 0 Å². The van der Waals surface area contributed by atoms with Crippen molar-refractivity contribution in [2.75, 3.05) is 11.9 Å². The Bertz CT molecular complexity index is 464. The molecule has 1 N–H and O–H groups in total. The first-order valence-corrected chi connectivity index (χ1v) is 7.68. The van der Waals surface area contributed by atoms with E-state index < -0.39 is 5.54 Å². The summed E-state index contributed by atoms with van der Waals surface area (Å²) in [5, 5.41) is 3.22. The highest BCUT2D eigenvalue weighted by molar-refractivity contribution is 5.84. The van der Waals surface area contributed by atoms with Crippen molar-refractivity contribution in [1.82, 2.24) is 0 Å². The number of nitrogens with one attached hydrogen (secondary N) is 1. The highest BCUT2D eigenvalue weighted by Crippen LogP contribution is 2.29. The maximum Gasteiger partial charge on any atom is 0.331 e. The Labute approximate surface area is 126 Å². The zero-order chi connectivity index (χ0) is 15.9. The van der Waals surface area contributed by atoms with Crippen molar-refractivity contribution in [2.45, 2.75) is 52.5 Å². The van der Waals surface area contributed by atoms with Gasteiger partial charge in [-0.25, -0.2) is 9.18 Å². The van der Waals surface area contributed by atoms with E-state index in [1.165, 1.54) is 12.1 Å². The molecule has 0 heterocycles. The quantitative estimate of drug-likeness (QED) is 0.723. The van der Waals surface area contributed by atoms with Crippen LogP contribution in [-0.2, 0) is 9.53 Å². The Hall–Kier alpha value is -1.58. The molecule has 0 aliphatic carbocycles. The van der Waals surface area contributed by atoms with Gasteiger partial charge in [-0.2, -0.15) is 0 Å². The van der Waals surface area contributed by atoms with Crippen molar-refractivity contribution in [3.05, 3.63) is 30.1 Å². The molecular weight excluding hydrogens is 269 g/mol. The molecule has 0 saturated heterocycles. The SMILES string of the molecule is CCOC(=O)C(CC)(CC(C)CC)Nc1cccc(F)c1. The summed E-state index contributed by atoms with van der Waals surface area (Å²) in [6.45, 7) is 8.29. The van der Waals surface area contributed by atoms with Gasteiger partial charge in [0.2, 0.25) is 0 Å². The molecule has 4 heteroatoms. The number of anilines is 1. The third-order valence-corrected chi connectivity index (χ3v) is 3.87. The first-order chi connectivity index (χ1) is 9.97. The highest BCUT2D eigenvalue weighted by atomic mass is 19.1. The summed E-state index contributed by atoms with van der Waals surface area (Å²) in [6.07, 6.45) is 2.23. The minimum Gasteiger partial charge on any atom is -0.464 e. The molecule has 1 rings (SSSR count). The van der Waals surface area contributed by atoms with Crippen molar-refractivity contribution in [2.24, 2.45) is 5.92 Å². The molecule has 3 nitrogen and oxygen atoms in total. The third kappa shape index (κ3) is 4.73. The Balaban J connectivity index is 3.06. The molecule has 2 atom stereocenters. The van der Waals surface area contributed by atoms with Crippen molar-refractivity contribution in [1.29, 1.82) is 0 Å². The molecule has 1 aromatic carbocycles. The predicted molar refractivity (Wildman–Crippen MR) is 83.7 cm³/mol. The van der Waals surface area contributed by atoms with Gasteiger partial charge in [-0.05, 0) is 43.9 Å². The number of ether oxygens (including phenoxy) is 1. The van der Waals surface area contributed by atoms with Crippen LogP contribution in [0.25, 0.3) is 0 Å². The average molecular weight is 295 g/mol. The van der Waals surface area contributed by atoms with Gasteiger partial charge < -0.3 is 10.1 Å². The van der Waals surface area contributed by atoms with Gasteiger partial charge in [0, 0.05) is 5.69 Å². The first kappa shape index (κ1) is 17.5. The predicted octanol–water partition coefficient (Wildman–Crippen LogP) is 4.39. The van der Waals surface area contributed by atoms with E-state index in [2.05, 4.69) is 19.2 Å². The number of esters is 1. The van der Waals surface area contributed by atoms with Crippen LogP contribution in [0.2, 0.25) is 0 Å². The number of benzene rings is 1. The van der Waals surface area contributed by atoms with Gasteiger partial charge in [-0.1, -0.05) is 33.3 Å². The molecule has 0 bridgehead atoms. The lowest BCUT2D eigenvalue weighted by atomic mass is 9.84. The van der Waals surface area contributed by atoms with Gasteiger partial charge in [-0.15, -0.1) is 0 Å². The zero-order valence-corrected chi connectivity index (χ0v) is 13.4. The summed E-state index contributed by atoms with van der Waals surface area (Å²) in [5.41, 5.74) is -0.201. The van der Waals surface area contributed by atoms with Crippen LogP contribution >= 0.6 is 0 Å². The Morgan fingerprint density at radius 1 is 1.38 bits per heavy atom. The molecule has 0 aromatic heterocycles. The molecule has 0 radical (unpaired) electrons. The summed E-state index contributed by atoms with van der Waals surface area (Å²) in [5.74, 6) is -0.218. The van der Waals surface area contributed by atoms with Crippen LogP contribution in [0.4, 0.5) is 10.1 Å². The van der Waals surface area contributed by atoms with Gasteiger partial charge in [0.05, 0.1) is 6.61 Å². The van der Waals surface area contributed by atoms with Crippen molar-refractivity contribution < 1.29 is 13.9 Å². The van der Waals surface area contributed by atoms with Gasteiger partial charge >= 0.3 is 5.97 Å². The van der Waals surface area contributed by atoms with E-state index in [0.29, 0.717) is 31.1 Å². The maximum atomic E-state index is 13.4. The first-order valence-electron chi connectivity index (χ1n) is 7.68. The lowest BCUT2D eigenvalue weighted by molar-refractivity contribution is -0.149. The van der Waals surface area contributed by atoms with E-state index in [9.17, 15) is 9.18 Å². The molecular formula is C17H26FNO2. The fraction of sp³-hybridized carbons (Fsp3) is 0.588. The van der Waals surface area contributed by atoms with E-state index in [1.54, 1.807) is 19.1 Å². The monoisotopic (exact) mass is 295 g/mol. The second-order valence-electron chi connectivity index (χ2n) is 5.51. The second-order valence-corrected chi connectivity index (χ2v) is 5.51. The summed E-state index contributed by atoms with van der Waals surface area (Å²) in [4.78, 5) is 12.5. The molecule has 0 fully saturated rings. The van der Waals surface area contributed by atoms with E-state index >= 15 is 0 Å². The van der Waals surface area contributed by atoms with E-state index in [-0.39, 0.29) is 11.8 Å². The van der Waals surface area contributed by atoms with Crippen LogP contribution in [0.15, 0.2) is 24.3 Å². The van der Waals surface area contributed by atoms with E-state index in [0.717, 1.165) is 6.42 Å². The number of carbonyl (C=O) groups is 1. The standard InChI is InChI=1S/C17H26FNO2/c1-5-13(4)12-17(6-2,16(20)21-7-3)19-15-10-8-9-14(18)11-15/h8-11,13,19H,5-7,12H2,1-4H3. The largest absolute Gasteiger partial charge is 0.464 e. The molecule has 0 aliphatic heterocycles. The molecule has 0 aliphatic rings. The van der Waals surface area contributed by atoms with Gasteiger partial charge in [-0.3, -0.25) is 0 Å². The topological polar surface area (TPSA) is 38.3 Å². The second kappa shape index (κ2) is 8.01. The van der Waals surface area contributed by atoms with E-state index in [4.69, 9.17) is 4.74 Å². The normalized spacial score (nSPS) is 15.1. The molecule has 0 saturated carbocycles. The van der Waals surface area contributed by atoms with Crippen molar-refractivity contribution >= 4 is 11.7 Å². The Morgan fingerprint density at radius 3 is 2.62 bits per heavy atom. The molecule has 0 spiro atoms. The van der Waals surface area contributed by atoms with Crippen LogP contribution in [-0.4, -0.2) is 18.1 Å². The van der Waals surface area contributed by atoms with E-state index in [1.807, 2.05) is 6.92 Å². The summed E-state index contributed by atoms with van der Waals surface area (Å²) in [6, 6.07) is 6.19. The van der Waals surface area contributed by atoms with Crippen LogP contribution < -0.4 is 5.32 Å². The fourth-order valence-electron chi connectivity index (χ4n) is 2.41. The minimum atomic E-state index is -0.806. The Morgan fingerprint density at radius 2 is 2.10 bits per heavy atom. The number of rotatable bonds is 8. The van der Waals surface area contributed by atoms with Crippen LogP contribution in [0.3, 0.4) is 0 Å². The lowest BCUT2D eigenvalue weighted by Gasteiger charge is -2.34. The summed E-state index contributed by atoms with van der Waals surface area (Å²) < 4.78 is 18.6. The number of halogens is 1. The fourth-order valence-corrected chi connectivity index (χ4v) is 2.41. The number of hydrogen-bond donors (Lipinski definition) is 1. The molecule has 2 unspecified atom stereocenters. The highest BCUT2D eigenvalue weighted by Gasteiger charge is 2.39. The molecule has 0 amide bonds. The number of carbonyl (C=O) groups excluding carboxylic acids is 1. The van der Waals surface area contributed by atoms with Crippen LogP contribution in [0.1, 0.15) is 47.0 Å². The van der Waals surface area contributed by atoms with Gasteiger partial charge in [0.15, 0.2) is 0 Å². The third-order valence-electron chi connectivity index (χ3n) is 3.87. The van der Waals surface area contributed by atoms with Crippen LogP contribution in [0, 0.1) is 11.7 Å². The number of hydrogen-bond acceptors (Lipinski definition) is 3. The summed E-state index contributed by atoms with van der Waals surface area (Å²) in [7, 11) is 0. The van der Waals surface area contributed by atoms with Gasteiger partial charge in [0.25, 0.3) is 0 Å². The molecule has 21 heavy (non-hydrogen) atoms. The molecule has 1 aromatic rings. The lowest BCUT2D eigenvalue weighted by Crippen LogP contribution is -2.48. The van der Waals surface area contributed by atoms with Gasteiger partial charge in [0.1, 0.15) is 11.4 Å². The molecule has 118 valence electrons. The average Bonchev–Trinajstić information content (AvgIpc) is 2.46. The smallest absolute Gasteiger partial charge is 0.331 e. The summed E-state index contributed by atoms with van der Waals surface area (Å²) >= 11 is 0. The zero-order valence-electron chi connectivity index (χ0n) is 13.4. The van der Waals surface area contributed by atoms with Crippen molar-refractivity contribution in [3.63, 3.8) is 0 Å². The van der Waals surface area contributed by atoms with Crippen LogP contribution in [0.5, 0.6) is 0 Å². The minimum absolute atomic E-state index is 0.267. The Kier molecular flexibility index (Phi) is 6.66.